The number of aromatic nitrogens is 2. The summed E-state index contributed by atoms with van der Waals surface area (Å²) in [6, 6.07) is 0.720. The Hall–Kier alpha value is -0.350. The van der Waals surface area contributed by atoms with E-state index in [0.717, 1.165) is 35.2 Å². The molecule has 2 rings (SSSR count). The zero-order chi connectivity index (χ0) is 11.0. The van der Waals surface area contributed by atoms with Crippen molar-refractivity contribution in [3.63, 3.8) is 0 Å². The maximum Gasteiger partial charge on any atom is 0.0739 e. The van der Waals surface area contributed by atoms with Gasteiger partial charge in [-0.2, -0.15) is 5.10 Å². The Morgan fingerprint density at radius 3 is 2.80 bits per heavy atom. The SMILES string of the molecule is CCn1nc(C)c(Br)c1CNC1CC1C. The molecule has 0 radical (unpaired) electrons. The van der Waals surface area contributed by atoms with Crippen molar-refractivity contribution in [2.24, 2.45) is 5.92 Å². The summed E-state index contributed by atoms with van der Waals surface area (Å²) in [5.41, 5.74) is 2.35. The molecule has 0 saturated heterocycles. The van der Waals surface area contributed by atoms with E-state index in [4.69, 9.17) is 0 Å². The van der Waals surface area contributed by atoms with Gasteiger partial charge in [0.25, 0.3) is 0 Å². The standard InChI is InChI=1S/C11H18BrN3/c1-4-15-10(11(12)8(3)14-15)6-13-9-5-7(9)2/h7,9,13H,4-6H2,1-3H3. The van der Waals surface area contributed by atoms with Crippen molar-refractivity contribution in [2.75, 3.05) is 0 Å². The minimum atomic E-state index is 0.720. The van der Waals surface area contributed by atoms with Crippen LogP contribution in [-0.2, 0) is 13.1 Å². The first-order chi connectivity index (χ1) is 7.13. The first-order valence-corrected chi connectivity index (χ1v) is 6.38. The van der Waals surface area contributed by atoms with Crippen molar-refractivity contribution < 1.29 is 0 Å². The highest BCUT2D eigenvalue weighted by Gasteiger charge is 2.32. The Labute approximate surface area is 99.4 Å². The Morgan fingerprint density at radius 2 is 2.27 bits per heavy atom. The van der Waals surface area contributed by atoms with E-state index in [1.165, 1.54) is 12.1 Å². The van der Waals surface area contributed by atoms with Crippen LogP contribution >= 0.6 is 15.9 Å². The van der Waals surface area contributed by atoms with Crippen LogP contribution in [0.5, 0.6) is 0 Å². The number of aryl methyl sites for hydroxylation is 2. The second-order valence-electron chi connectivity index (χ2n) is 4.36. The highest BCUT2D eigenvalue weighted by molar-refractivity contribution is 9.10. The fourth-order valence-corrected chi connectivity index (χ4v) is 2.30. The molecule has 0 bridgehead atoms. The van der Waals surface area contributed by atoms with Gasteiger partial charge in [0.15, 0.2) is 0 Å². The Kier molecular flexibility index (Phi) is 3.16. The third-order valence-electron chi connectivity index (χ3n) is 3.09. The van der Waals surface area contributed by atoms with Gasteiger partial charge in [-0.05, 0) is 42.1 Å². The molecule has 3 nitrogen and oxygen atoms in total. The molecule has 15 heavy (non-hydrogen) atoms. The molecular weight excluding hydrogens is 254 g/mol. The molecular formula is C11H18BrN3. The molecule has 2 atom stereocenters. The van der Waals surface area contributed by atoms with Gasteiger partial charge in [0.2, 0.25) is 0 Å². The van der Waals surface area contributed by atoms with Crippen LogP contribution < -0.4 is 5.32 Å². The van der Waals surface area contributed by atoms with E-state index in [-0.39, 0.29) is 0 Å². The van der Waals surface area contributed by atoms with Crippen LogP contribution in [0.25, 0.3) is 0 Å². The number of nitrogens with zero attached hydrogens (tertiary/aromatic N) is 2. The summed E-state index contributed by atoms with van der Waals surface area (Å²) in [7, 11) is 0. The Morgan fingerprint density at radius 1 is 1.60 bits per heavy atom. The van der Waals surface area contributed by atoms with E-state index in [1.54, 1.807) is 0 Å². The summed E-state index contributed by atoms with van der Waals surface area (Å²) in [5, 5.41) is 8.04. The lowest BCUT2D eigenvalue weighted by atomic mass is 10.3. The van der Waals surface area contributed by atoms with Crippen molar-refractivity contribution in [3.05, 3.63) is 15.9 Å². The fraction of sp³-hybridized carbons (Fsp3) is 0.727. The van der Waals surface area contributed by atoms with Crippen LogP contribution in [0.4, 0.5) is 0 Å². The molecule has 0 amide bonds. The largest absolute Gasteiger partial charge is 0.308 e. The molecule has 1 N–H and O–H groups in total. The molecule has 4 heteroatoms. The van der Waals surface area contributed by atoms with Crippen LogP contribution in [0.15, 0.2) is 4.47 Å². The van der Waals surface area contributed by atoms with Gasteiger partial charge in [-0.25, -0.2) is 0 Å². The lowest BCUT2D eigenvalue weighted by molar-refractivity contribution is 0.567. The predicted molar refractivity (Wildman–Crippen MR) is 64.7 cm³/mol. The highest BCUT2D eigenvalue weighted by atomic mass is 79.9. The summed E-state index contributed by atoms with van der Waals surface area (Å²) >= 11 is 3.60. The normalized spacial score (nSPS) is 24.5. The van der Waals surface area contributed by atoms with Gasteiger partial charge < -0.3 is 5.32 Å². The predicted octanol–water partition coefficient (Wildman–Crippen LogP) is 2.47. The summed E-state index contributed by atoms with van der Waals surface area (Å²) in [6.07, 6.45) is 1.32. The quantitative estimate of drug-likeness (QED) is 0.912. The molecule has 0 aromatic carbocycles. The molecule has 0 spiro atoms. The van der Waals surface area contributed by atoms with E-state index < -0.39 is 0 Å². The smallest absolute Gasteiger partial charge is 0.0739 e. The molecule has 1 aliphatic carbocycles. The third kappa shape index (κ3) is 2.26. The average molecular weight is 272 g/mol. The molecule has 2 unspecified atom stereocenters. The van der Waals surface area contributed by atoms with Gasteiger partial charge in [0.1, 0.15) is 0 Å². The van der Waals surface area contributed by atoms with E-state index in [2.05, 4.69) is 44.9 Å². The monoisotopic (exact) mass is 271 g/mol. The lowest BCUT2D eigenvalue weighted by Gasteiger charge is -2.06. The zero-order valence-corrected chi connectivity index (χ0v) is 11.1. The van der Waals surface area contributed by atoms with Gasteiger partial charge in [-0.3, -0.25) is 4.68 Å². The molecule has 1 heterocycles. The van der Waals surface area contributed by atoms with Crippen LogP contribution in [0.3, 0.4) is 0 Å². The second-order valence-corrected chi connectivity index (χ2v) is 5.16. The Balaban J connectivity index is 2.05. The van der Waals surface area contributed by atoms with Crippen LogP contribution in [0.1, 0.15) is 31.7 Å². The summed E-state index contributed by atoms with van der Waals surface area (Å²) in [4.78, 5) is 0. The van der Waals surface area contributed by atoms with Gasteiger partial charge in [-0.15, -0.1) is 0 Å². The maximum absolute atomic E-state index is 4.48. The number of hydrogen-bond donors (Lipinski definition) is 1. The first-order valence-electron chi connectivity index (χ1n) is 5.58. The van der Waals surface area contributed by atoms with Crippen LogP contribution in [0.2, 0.25) is 0 Å². The third-order valence-corrected chi connectivity index (χ3v) is 4.13. The minimum absolute atomic E-state index is 0.720. The van der Waals surface area contributed by atoms with Gasteiger partial charge in [-0.1, -0.05) is 6.92 Å². The molecule has 1 fully saturated rings. The van der Waals surface area contributed by atoms with Crippen LogP contribution in [0, 0.1) is 12.8 Å². The van der Waals surface area contributed by atoms with Gasteiger partial charge in [0, 0.05) is 19.1 Å². The van der Waals surface area contributed by atoms with E-state index >= 15 is 0 Å². The van der Waals surface area contributed by atoms with E-state index in [9.17, 15) is 0 Å². The number of halogens is 1. The minimum Gasteiger partial charge on any atom is -0.308 e. The van der Waals surface area contributed by atoms with Crippen molar-refractivity contribution >= 4 is 15.9 Å². The number of rotatable bonds is 4. The van der Waals surface area contributed by atoms with Crippen molar-refractivity contribution in [3.8, 4) is 0 Å². The lowest BCUT2D eigenvalue weighted by Crippen LogP contribution is -2.20. The summed E-state index contributed by atoms with van der Waals surface area (Å²) in [5.74, 6) is 0.850. The summed E-state index contributed by atoms with van der Waals surface area (Å²) in [6.45, 7) is 8.31. The topological polar surface area (TPSA) is 29.9 Å². The van der Waals surface area contributed by atoms with Crippen molar-refractivity contribution in [2.45, 2.75) is 46.3 Å². The fourth-order valence-electron chi connectivity index (χ4n) is 1.87. The molecule has 84 valence electrons. The first kappa shape index (κ1) is 11.1. The molecule has 1 aromatic heterocycles. The van der Waals surface area contributed by atoms with Crippen molar-refractivity contribution in [1.29, 1.82) is 0 Å². The maximum atomic E-state index is 4.48. The van der Waals surface area contributed by atoms with Crippen molar-refractivity contribution in [1.82, 2.24) is 15.1 Å². The Bertz CT molecular complexity index is 359. The highest BCUT2D eigenvalue weighted by Crippen LogP contribution is 2.30. The van der Waals surface area contributed by atoms with Gasteiger partial charge in [0.05, 0.1) is 15.9 Å². The zero-order valence-electron chi connectivity index (χ0n) is 9.55. The van der Waals surface area contributed by atoms with E-state index in [0.29, 0.717) is 0 Å². The number of nitrogens with one attached hydrogen (secondary N) is 1. The average Bonchev–Trinajstić information content (AvgIpc) is 2.84. The van der Waals surface area contributed by atoms with Crippen LogP contribution in [-0.4, -0.2) is 15.8 Å². The summed E-state index contributed by atoms with van der Waals surface area (Å²) < 4.78 is 3.23. The molecule has 0 aliphatic heterocycles. The molecule has 1 aliphatic rings. The number of hydrogen-bond acceptors (Lipinski definition) is 2. The molecule has 1 saturated carbocycles. The second kappa shape index (κ2) is 4.26. The van der Waals surface area contributed by atoms with Gasteiger partial charge >= 0.3 is 0 Å². The van der Waals surface area contributed by atoms with E-state index in [1.807, 2.05) is 6.92 Å². The molecule has 1 aromatic rings.